The van der Waals surface area contributed by atoms with Crippen molar-refractivity contribution in [3.05, 3.63) is 23.9 Å². The molecule has 0 unspecified atom stereocenters. The molecule has 1 amide bonds. The summed E-state index contributed by atoms with van der Waals surface area (Å²) in [4.78, 5) is 17.9. The Bertz CT molecular complexity index is 1040. The average Bonchev–Trinajstić information content (AvgIpc) is 3.12. The van der Waals surface area contributed by atoms with E-state index in [0.717, 1.165) is 29.0 Å². The zero-order valence-corrected chi connectivity index (χ0v) is 20.9. The number of nitrogens with zero attached hydrogens (tertiary/aromatic N) is 1. The second kappa shape index (κ2) is 10.8. The van der Waals surface area contributed by atoms with E-state index in [9.17, 15) is 13.2 Å². The molecule has 0 saturated heterocycles. The topological polar surface area (TPSA) is 97.4 Å². The molecule has 1 fully saturated rings. The summed E-state index contributed by atoms with van der Waals surface area (Å²) in [5, 5.41) is 3.47. The molecule has 3 rings (SSSR count). The molecule has 0 atom stereocenters. The monoisotopic (exact) mass is 479 g/mol. The Hall–Kier alpha value is -1.97. The number of sulfonamides is 1. The highest BCUT2D eigenvalue weighted by molar-refractivity contribution is 7.89. The van der Waals surface area contributed by atoms with Gasteiger partial charge < -0.3 is 10.1 Å². The Kier molecular flexibility index (Phi) is 8.30. The molecule has 2 aromatic rings. The summed E-state index contributed by atoms with van der Waals surface area (Å²) in [6.07, 6.45) is 6.42. The van der Waals surface area contributed by atoms with Crippen LogP contribution < -0.4 is 14.8 Å². The third kappa shape index (κ3) is 6.30. The van der Waals surface area contributed by atoms with Crippen LogP contribution in [0.25, 0.3) is 10.4 Å². The van der Waals surface area contributed by atoms with E-state index in [0.29, 0.717) is 24.0 Å². The van der Waals surface area contributed by atoms with E-state index in [2.05, 4.69) is 15.0 Å². The van der Waals surface area contributed by atoms with E-state index in [1.54, 1.807) is 12.1 Å². The van der Waals surface area contributed by atoms with Crippen LogP contribution in [0.1, 0.15) is 58.1 Å². The van der Waals surface area contributed by atoms with Crippen molar-refractivity contribution in [2.45, 2.75) is 64.2 Å². The molecular formula is C23H33N3O4S2. The van der Waals surface area contributed by atoms with Gasteiger partial charge in [0.15, 0.2) is 5.13 Å². The van der Waals surface area contributed by atoms with Crippen LogP contribution in [-0.4, -0.2) is 33.0 Å². The SMILES string of the molecule is COc1ccc(-c2sc(NC(=O)CC3CCCCC3)nc2C)cc1S(=O)(=O)NCC(C)C. The number of aromatic nitrogens is 1. The van der Waals surface area contributed by atoms with Crippen molar-refractivity contribution in [2.75, 3.05) is 19.0 Å². The fourth-order valence-electron chi connectivity index (χ4n) is 3.92. The van der Waals surface area contributed by atoms with Crippen molar-refractivity contribution in [3.63, 3.8) is 0 Å². The number of rotatable bonds is 9. The predicted octanol–water partition coefficient (Wildman–Crippen LogP) is 4.97. The number of anilines is 1. The number of amides is 1. The molecular weight excluding hydrogens is 446 g/mol. The van der Waals surface area contributed by atoms with Crippen LogP contribution in [0, 0.1) is 18.8 Å². The first kappa shape index (κ1) is 24.7. The Balaban J connectivity index is 1.80. The molecule has 0 aliphatic heterocycles. The molecule has 0 radical (unpaired) electrons. The molecule has 1 heterocycles. The Labute approximate surface area is 195 Å². The van der Waals surface area contributed by atoms with Gasteiger partial charge in [-0.2, -0.15) is 0 Å². The number of carbonyl (C=O) groups excluding carboxylic acids is 1. The molecule has 0 bridgehead atoms. The number of benzene rings is 1. The highest BCUT2D eigenvalue weighted by Gasteiger charge is 2.23. The second-order valence-corrected chi connectivity index (χ2v) is 11.5. The predicted molar refractivity (Wildman–Crippen MR) is 129 cm³/mol. The van der Waals surface area contributed by atoms with Crippen molar-refractivity contribution >= 4 is 32.4 Å². The van der Waals surface area contributed by atoms with Gasteiger partial charge in [-0.05, 0) is 55.4 Å². The molecule has 176 valence electrons. The van der Waals surface area contributed by atoms with Gasteiger partial charge in [-0.1, -0.05) is 44.4 Å². The van der Waals surface area contributed by atoms with Gasteiger partial charge in [-0.25, -0.2) is 18.1 Å². The van der Waals surface area contributed by atoms with Crippen molar-refractivity contribution in [2.24, 2.45) is 11.8 Å². The Morgan fingerprint density at radius 1 is 1.25 bits per heavy atom. The van der Waals surface area contributed by atoms with Gasteiger partial charge in [0.05, 0.1) is 17.7 Å². The van der Waals surface area contributed by atoms with E-state index < -0.39 is 10.0 Å². The molecule has 32 heavy (non-hydrogen) atoms. The van der Waals surface area contributed by atoms with E-state index >= 15 is 0 Å². The molecule has 1 aromatic carbocycles. The van der Waals surface area contributed by atoms with Crippen LogP contribution in [0.4, 0.5) is 5.13 Å². The number of aryl methyl sites for hydroxylation is 1. The van der Waals surface area contributed by atoms with Gasteiger partial charge in [0.1, 0.15) is 10.6 Å². The summed E-state index contributed by atoms with van der Waals surface area (Å²) in [5.74, 6) is 0.917. The molecule has 7 nitrogen and oxygen atoms in total. The van der Waals surface area contributed by atoms with Gasteiger partial charge in [0.25, 0.3) is 0 Å². The molecule has 0 spiro atoms. The highest BCUT2D eigenvalue weighted by atomic mass is 32.2. The van der Waals surface area contributed by atoms with Crippen LogP contribution in [0.3, 0.4) is 0 Å². The van der Waals surface area contributed by atoms with Crippen LogP contribution in [-0.2, 0) is 14.8 Å². The first-order valence-electron chi connectivity index (χ1n) is 11.1. The molecule has 2 N–H and O–H groups in total. The maximum absolute atomic E-state index is 12.9. The van der Waals surface area contributed by atoms with Crippen molar-refractivity contribution in [3.8, 4) is 16.2 Å². The number of nitrogens with one attached hydrogen (secondary N) is 2. The molecule has 1 saturated carbocycles. The number of carbonyl (C=O) groups is 1. The third-order valence-electron chi connectivity index (χ3n) is 5.64. The molecule has 1 aliphatic rings. The van der Waals surface area contributed by atoms with Crippen LogP contribution in [0.5, 0.6) is 5.75 Å². The average molecular weight is 480 g/mol. The van der Waals surface area contributed by atoms with Gasteiger partial charge in [-0.3, -0.25) is 4.79 Å². The summed E-state index contributed by atoms with van der Waals surface area (Å²) in [7, 11) is -2.28. The van der Waals surface area contributed by atoms with Gasteiger partial charge >= 0.3 is 0 Å². The van der Waals surface area contributed by atoms with Crippen molar-refractivity contribution in [1.82, 2.24) is 9.71 Å². The maximum Gasteiger partial charge on any atom is 0.244 e. The normalized spacial score (nSPS) is 15.2. The standard InChI is InChI=1S/C23H33N3O4S2/c1-15(2)14-24-32(28,29)20-13-18(10-11-19(20)30-4)22-16(3)25-23(31-22)26-21(27)12-17-8-6-5-7-9-17/h10-11,13,15,17,24H,5-9,12,14H2,1-4H3,(H,25,26,27). The summed E-state index contributed by atoms with van der Waals surface area (Å²) in [5.41, 5.74) is 1.46. The lowest BCUT2D eigenvalue weighted by Gasteiger charge is -2.20. The summed E-state index contributed by atoms with van der Waals surface area (Å²) in [6, 6.07) is 5.07. The minimum absolute atomic E-state index is 0.00640. The van der Waals surface area contributed by atoms with Gasteiger partial charge in [0, 0.05) is 13.0 Å². The largest absolute Gasteiger partial charge is 0.495 e. The fourth-order valence-corrected chi connectivity index (χ4v) is 6.31. The van der Waals surface area contributed by atoms with E-state index in [-0.39, 0.29) is 22.5 Å². The zero-order chi connectivity index (χ0) is 23.3. The Morgan fingerprint density at radius 3 is 2.62 bits per heavy atom. The number of hydrogen-bond acceptors (Lipinski definition) is 6. The second-order valence-electron chi connectivity index (χ2n) is 8.80. The minimum atomic E-state index is -3.73. The third-order valence-corrected chi connectivity index (χ3v) is 8.21. The summed E-state index contributed by atoms with van der Waals surface area (Å²) >= 11 is 1.35. The summed E-state index contributed by atoms with van der Waals surface area (Å²) in [6.45, 7) is 6.09. The van der Waals surface area contributed by atoms with Crippen molar-refractivity contribution < 1.29 is 17.9 Å². The molecule has 1 aromatic heterocycles. The lowest BCUT2D eigenvalue weighted by Crippen LogP contribution is -2.27. The highest BCUT2D eigenvalue weighted by Crippen LogP contribution is 2.37. The van der Waals surface area contributed by atoms with Crippen LogP contribution >= 0.6 is 11.3 Å². The van der Waals surface area contributed by atoms with Gasteiger partial charge in [0.2, 0.25) is 15.9 Å². The zero-order valence-electron chi connectivity index (χ0n) is 19.2. The number of thiazole rings is 1. The maximum atomic E-state index is 12.9. The number of hydrogen-bond donors (Lipinski definition) is 2. The number of methoxy groups -OCH3 is 1. The minimum Gasteiger partial charge on any atom is -0.495 e. The summed E-state index contributed by atoms with van der Waals surface area (Å²) < 4.78 is 33.7. The molecule has 9 heteroatoms. The smallest absolute Gasteiger partial charge is 0.244 e. The van der Waals surface area contributed by atoms with E-state index in [1.807, 2.05) is 26.8 Å². The van der Waals surface area contributed by atoms with Crippen LogP contribution in [0.15, 0.2) is 23.1 Å². The number of ether oxygens (including phenoxy) is 1. The lowest BCUT2D eigenvalue weighted by molar-refractivity contribution is -0.117. The van der Waals surface area contributed by atoms with E-state index in [1.165, 1.54) is 37.7 Å². The van der Waals surface area contributed by atoms with E-state index in [4.69, 9.17) is 4.74 Å². The van der Waals surface area contributed by atoms with Gasteiger partial charge in [-0.15, -0.1) is 0 Å². The Morgan fingerprint density at radius 2 is 1.97 bits per heavy atom. The fraction of sp³-hybridized carbons (Fsp3) is 0.565. The quantitative estimate of drug-likeness (QED) is 0.529. The first-order valence-corrected chi connectivity index (χ1v) is 13.4. The first-order chi connectivity index (χ1) is 15.2. The van der Waals surface area contributed by atoms with Crippen molar-refractivity contribution in [1.29, 1.82) is 0 Å². The van der Waals surface area contributed by atoms with Crippen LogP contribution in [0.2, 0.25) is 0 Å². The lowest BCUT2D eigenvalue weighted by atomic mass is 9.87. The molecule has 1 aliphatic carbocycles.